The van der Waals surface area contributed by atoms with Gasteiger partial charge in [0, 0.05) is 6.07 Å². The van der Waals surface area contributed by atoms with E-state index >= 15 is 0 Å². The largest absolute Gasteiger partial charge is 0.527 e. The molecule has 36 heavy (non-hydrogen) atoms. The summed E-state index contributed by atoms with van der Waals surface area (Å²) in [6.45, 7) is 4.32. The molecule has 3 aromatic carbocycles. The maximum absolute atomic E-state index is 13.5. The van der Waals surface area contributed by atoms with Crippen molar-refractivity contribution in [3.05, 3.63) is 83.9 Å². The third-order valence-corrected chi connectivity index (χ3v) is 7.37. The molecule has 0 aromatic heterocycles. The molecule has 1 amide bonds. The fourth-order valence-electron chi connectivity index (χ4n) is 4.36. The van der Waals surface area contributed by atoms with Crippen molar-refractivity contribution in [3.63, 3.8) is 0 Å². The number of aliphatic imine (C=N–C) groups is 1. The third kappa shape index (κ3) is 4.61. The van der Waals surface area contributed by atoms with Gasteiger partial charge in [-0.3, -0.25) is 4.72 Å². The van der Waals surface area contributed by atoms with Gasteiger partial charge in [-0.1, -0.05) is 43.3 Å². The zero-order chi connectivity index (χ0) is 25.8. The average molecular weight is 504 g/mol. The van der Waals surface area contributed by atoms with Crippen LogP contribution in [-0.2, 0) is 21.2 Å². The van der Waals surface area contributed by atoms with E-state index in [9.17, 15) is 13.2 Å². The predicted molar refractivity (Wildman–Crippen MR) is 140 cm³/mol. The van der Waals surface area contributed by atoms with Crippen LogP contribution in [0.25, 0.3) is 0 Å². The number of para-hydroxylation sites is 1. The number of hydrogen-bond donors (Lipinski definition) is 1. The molecule has 184 valence electrons. The summed E-state index contributed by atoms with van der Waals surface area (Å²) in [5.74, 6) is 0.529. The zero-order valence-corrected chi connectivity index (χ0v) is 21.0. The van der Waals surface area contributed by atoms with Crippen molar-refractivity contribution in [2.45, 2.75) is 31.6 Å². The van der Waals surface area contributed by atoms with Gasteiger partial charge in [-0.2, -0.15) is 15.0 Å². The molecule has 0 saturated carbocycles. The standard InChI is InChI=1S/C27H27N4O4S/c1-3-17-31(27(32)35-4-2)24-12-8-11-23(30-36(33,34)22-9-6-5-7-10-22)26(24)29-25(31)18-20-13-15-21(19-28)16-14-20/h5-16,30H,3-4,17-18H2,1-2H3/q+1. The summed E-state index contributed by atoms with van der Waals surface area (Å²) in [5, 5.41) is 9.13. The fourth-order valence-corrected chi connectivity index (χ4v) is 5.45. The molecule has 0 spiro atoms. The Morgan fingerprint density at radius 1 is 1.03 bits per heavy atom. The minimum absolute atomic E-state index is 0.127. The summed E-state index contributed by atoms with van der Waals surface area (Å²) in [4.78, 5) is 18.5. The van der Waals surface area contributed by atoms with Gasteiger partial charge in [-0.25, -0.2) is 8.42 Å². The van der Waals surface area contributed by atoms with Gasteiger partial charge in [0.1, 0.15) is 0 Å². The molecule has 4 rings (SSSR count). The van der Waals surface area contributed by atoms with Gasteiger partial charge in [0.25, 0.3) is 10.0 Å². The lowest BCUT2D eigenvalue weighted by molar-refractivity contribution is 0.129. The van der Waals surface area contributed by atoms with E-state index < -0.39 is 16.1 Å². The van der Waals surface area contributed by atoms with E-state index in [4.69, 9.17) is 15.0 Å². The molecular weight excluding hydrogens is 476 g/mol. The number of amidine groups is 1. The van der Waals surface area contributed by atoms with Gasteiger partial charge in [0.05, 0.1) is 41.8 Å². The van der Waals surface area contributed by atoms with E-state index in [1.165, 1.54) is 12.1 Å². The Balaban J connectivity index is 1.84. The van der Waals surface area contributed by atoms with Crippen molar-refractivity contribution >= 4 is 39.0 Å². The highest BCUT2D eigenvalue weighted by Crippen LogP contribution is 2.47. The van der Waals surface area contributed by atoms with Crippen LogP contribution < -0.4 is 9.21 Å². The molecule has 1 heterocycles. The number of carbonyl (C=O) groups excluding carboxylic acids is 1. The van der Waals surface area contributed by atoms with E-state index in [2.05, 4.69) is 10.8 Å². The molecule has 1 atom stereocenters. The first-order chi connectivity index (χ1) is 17.4. The molecule has 1 aliphatic rings. The minimum Gasteiger partial charge on any atom is -0.420 e. The second-order valence-electron chi connectivity index (χ2n) is 8.34. The summed E-state index contributed by atoms with van der Waals surface area (Å²) < 4.78 is 34.1. The maximum Gasteiger partial charge on any atom is 0.527 e. The number of quaternary nitrogens is 1. The Morgan fingerprint density at radius 2 is 1.75 bits per heavy atom. The van der Waals surface area contributed by atoms with Crippen LogP contribution in [0.1, 0.15) is 31.4 Å². The zero-order valence-electron chi connectivity index (χ0n) is 20.1. The summed E-state index contributed by atoms with van der Waals surface area (Å²) in [5.41, 5.74) is 2.64. The fraction of sp³-hybridized carbons (Fsp3) is 0.222. The first kappa shape index (κ1) is 25.1. The number of amides is 1. The van der Waals surface area contributed by atoms with Gasteiger partial charge in [0.2, 0.25) is 5.84 Å². The van der Waals surface area contributed by atoms with Gasteiger partial charge >= 0.3 is 6.09 Å². The van der Waals surface area contributed by atoms with Crippen molar-refractivity contribution in [2.24, 2.45) is 4.99 Å². The van der Waals surface area contributed by atoms with E-state index in [0.29, 0.717) is 42.2 Å². The highest BCUT2D eigenvalue weighted by Gasteiger charge is 2.52. The van der Waals surface area contributed by atoms with Crippen LogP contribution in [0.5, 0.6) is 0 Å². The molecule has 0 radical (unpaired) electrons. The quantitative estimate of drug-likeness (QED) is 0.407. The molecule has 0 saturated heterocycles. The maximum atomic E-state index is 13.5. The Morgan fingerprint density at radius 3 is 2.39 bits per heavy atom. The number of nitriles is 1. The number of nitrogens with one attached hydrogen (secondary N) is 1. The topological polar surface area (TPSA) is 109 Å². The Kier molecular flexibility index (Phi) is 7.20. The second-order valence-corrected chi connectivity index (χ2v) is 10.0. The Bertz CT molecular complexity index is 1450. The first-order valence-electron chi connectivity index (χ1n) is 11.7. The van der Waals surface area contributed by atoms with Crippen LogP contribution in [0, 0.1) is 11.3 Å². The third-order valence-electron chi connectivity index (χ3n) is 5.99. The minimum atomic E-state index is -3.87. The van der Waals surface area contributed by atoms with Gasteiger partial charge in [0.15, 0.2) is 11.4 Å². The van der Waals surface area contributed by atoms with E-state index in [1.54, 1.807) is 55.5 Å². The second kappa shape index (κ2) is 10.3. The van der Waals surface area contributed by atoms with Gasteiger partial charge in [-0.15, -0.1) is 4.48 Å². The van der Waals surface area contributed by atoms with E-state index in [0.717, 1.165) is 5.56 Å². The summed E-state index contributed by atoms with van der Waals surface area (Å²) >= 11 is 0. The van der Waals surface area contributed by atoms with Crippen LogP contribution in [0.2, 0.25) is 0 Å². The summed E-state index contributed by atoms with van der Waals surface area (Å²) in [6.07, 6.45) is 0.517. The first-order valence-corrected chi connectivity index (χ1v) is 13.2. The Hall–Kier alpha value is -4.00. The van der Waals surface area contributed by atoms with Crippen LogP contribution in [0.3, 0.4) is 0 Å². The van der Waals surface area contributed by atoms with Gasteiger partial charge < -0.3 is 4.74 Å². The lowest BCUT2D eigenvalue weighted by Gasteiger charge is -2.30. The van der Waals surface area contributed by atoms with E-state index in [1.807, 2.05) is 19.1 Å². The van der Waals surface area contributed by atoms with E-state index in [-0.39, 0.29) is 21.7 Å². The molecule has 8 nitrogen and oxygen atoms in total. The number of anilines is 1. The van der Waals surface area contributed by atoms with Crippen molar-refractivity contribution in [2.75, 3.05) is 17.9 Å². The molecule has 1 aliphatic heterocycles. The van der Waals surface area contributed by atoms with Crippen molar-refractivity contribution in [1.29, 1.82) is 5.26 Å². The molecule has 0 aliphatic carbocycles. The van der Waals surface area contributed by atoms with Crippen molar-refractivity contribution in [1.82, 2.24) is 4.48 Å². The van der Waals surface area contributed by atoms with Crippen molar-refractivity contribution < 1.29 is 17.9 Å². The molecular formula is C27H27N4O4S+. The normalized spacial score (nSPS) is 16.5. The highest BCUT2D eigenvalue weighted by atomic mass is 32.2. The lowest BCUT2D eigenvalue weighted by Crippen LogP contribution is -2.58. The number of carbonyl (C=O) groups is 1. The molecule has 1 N–H and O–H groups in total. The van der Waals surface area contributed by atoms with Gasteiger partial charge in [-0.05, 0) is 49.2 Å². The number of ether oxygens (including phenoxy) is 1. The number of sulfonamides is 1. The number of fused-ring (bicyclic) bond motifs is 1. The lowest BCUT2D eigenvalue weighted by atomic mass is 10.1. The Labute approximate surface area is 211 Å². The van der Waals surface area contributed by atoms with Crippen LogP contribution in [0.4, 0.5) is 21.9 Å². The highest BCUT2D eigenvalue weighted by molar-refractivity contribution is 7.92. The van der Waals surface area contributed by atoms with Crippen LogP contribution in [0.15, 0.2) is 82.7 Å². The molecule has 3 aromatic rings. The molecule has 0 fully saturated rings. The van der Waals surface area contributed by atoms with Crippen molar-refractivity contribution in [3.8, 4) is 6.07 Å². The number of rotatable bonds is 8. The SMILES string of the molecule is CCC[N+]1(C(=O)OCC)C(Cc2ccc(C#N)cc2)=Nc2c(NS(=O)(=O)c3ccccc3)cccc21. The van der Waals surface area contributed by atoms with Crippen LogP contribution >= 0.6 is 0 Å². The number of hydrogen-bond acceptors (Lipinski definition) is 6. The molecule has 9 heteroatoms. The monoisotopic (exact) mass is 503 g/mol. The number of benzene rings is 3. The molecule has 0 bridgehead atoms. The predicted octanol–water partition coefficient (Wildman–Crippen LogP) is 5.52. The summed E-state index contributed by atoms with van der Waals surface area (Å²) in [7, 11) is -3.87. The smallest absolute Gasteiger partial charge is 0.420 e. The summed E-state index contributed by atoms with van der Waals surface area (Å²) in [6, 6.07) is 22.4. The molecule has 1 unspecified atom stereocenters. The average Bonchev–Trinajstić information content (AvgIpc) is 3.20. The number of nitrogens with zero attached hydrogens (tertiary/aromatic N) is 3. The van der Waals surface area contributed by atoms with Crippen LogP contribution in [-0.4, -0.2) is 33.5 Å².